The normalized spacial score (nSPS) is 11.3. The maximum Gasteiger partial charge on any atom is 0.410 e. The van der Waals surface area contributed by atoms with Crippen molar-refractivity contribution >= 4 is 35.1 Å². The summed E-state index contributed by atoms with van der Waals surface area (Å²) in [6, 6.07) is 14.1. The van der Waals surface area contributed by atoms with Crippen molar-refractivity contribution in [3.05, 3.63) is 71.7 Å². The van der Waals surface area contributed by atoms with E-state index < -0.39 is 17.7 Å². The van der Waals surface area contributed by atoms with Gasteiger partial charge in [-0.2, -0.15) is 10.2 Å². The topological polar surface area (TPSA) is 132 Å². The van der Waals surface area contributed by atoms with Crippen LogP contribution in [0.4, 0.5) is 32.3 Å². The van der Waals surface area contributed by atoms with Crippen molar-refractivity contribution in [2.24, 2.45) is 0 Å². The van der Waals surface area contributed by atoms with Gasteiger partial charge < -0.3 is 20.7 Å². The number of hydrogen-bond donors (Lipinski definition) is 3. The first kappa shape index (κ1) is 31.4. The predicted octanol–water partition coefficient (Wildman–Crippen LogP) is 5.48. The molecule has 0 spiro atoms. The lowest BCUT2D eigenvalue weighted by molar-refractivity contribution is -0.125. The van der Waals surface area contributed by atoms with Gasteiger partial charge in [-0.15, -0.1) is 0 Å². The molecule has 0 radical (unpaired) electrons. The molecule has 3 rings (SSSR count). The van der Waals surface area contributed by atoms with Crippen LogP contribution in [0, 0.1) is 29.0 Å². The highest BCUT2D eigenvalue weighted by atomic mass is 19.1. The Morgan fingerprint density at radius 1 is 1.07 bits per heavy atom. The number of carbonyl (C=O) groups is 2. The molecule has 0 unspecified atom stereocenters. The molecule has 42 heavy (non-hydrogen) atoms. The van der Waals surface area contributed by atoms with E-state index in [-0.39, 0.29) is 11.7 Å². The van der Waals surface area contributed by atoms with E-state index in [1.165, 1.54) is 24.1 Å². The Bertz CT molecular complexity index is 1480. The number of nitriles is 1. The van der Waals surface area contributed by atoms with Gasteiger partial charge in [-0.25, -0.2) is 14.2 Å². The quantitative estimate of drug-likeness (QED) is 0.227. The van der Waals surface area contributed by atoms with Crippen LogP contribution in [0.3, 0.4) is 0 Å². The second kappa shape index (κ2) is 14.5. The molecule has 2 amide bonds. The molecule has 1 atom stereocenters. The van der Waals surface area contributed by atoms with Gasteiger partial charge in [0.1, 0.15) is 17.5 Å². The highest BCUT2D eigenvalue weighted by Crippen LogP contribution is 2.22. The molecule has 0 fully saturated rings. The van der Waals surface area contributed by atoms with E-state index in [1.54, 1.807) is 70.3 Å². The minimum absolute atomic E-state index is 0.291. The Kier molecular flexibility index (Phi) is 10.8. The predicted molar refractivity (Wildman–Crippen MR) is 159 cm³/mol. The molecule has 11 heteroatoms. The molecule has 0 saturated carbocycles. The smallest absolute Gasteiger partial charge is 0.410 e. The van der Waals surface area contributed by atoms with Gasteiger partial charge in [0, 0.05) is 31.4 Å². The lowest BCUT2D eigenvalue weighted by atomic mass is 10.2. The summed E-state index contributed by atoms with van der Waals surface area (Å²) in [5.41, 5.74) is 1.74. The van der Waals surface area contributed by atoms with Crippen LogP contribution in [0.1, 0.15) is 51.7 Å². The van der Waals surface area contributed by atoms with Gasteiger partial charge in [0.25, 0.3) is 0 Å². The van der Waals surface area contributed by atoms with Crippen molar-refractivity contribution < 1.29 is 18.7 Å². The number of amides is 2. The zero-order valence-corrected chi connectivity index (χ0v) is 24.3. The number of aromatic nitrogens is 2. The second-order valence-corrected chi connectivity index (χ2v) is 10.4. The first-order chi connectivity index (χ1) is 19.9. The lowest BCUT2D eigenvalue weighted by Crippen LogP contribution is -2.47. The van der Waals surface area contributed by atoms with Gasteiger partial charge in [-0.3, -0.25) is 9.69 Å². The molecule has 0 bridgehead atoms. The molecular weight excluding hydrogens is 537 g/mol. The summed E-state index contributed by atoms with van der Waals surface area (Å²) < 4.78 is 18.7. The largest absolute Gasteiger partial charge is 0.444 e. The summed E-state index contributed by atoms with van der Waals surface area (Å²) in [5, 5.41) is 18.1. The number of benzene rings is 2. The summed E-state index contributed by atoms with van der Waals surface area (Å²) in [6.07, 6.45) is 2.08. The first-order valence-corrected chi connectivity index (χ1v) is 13.3. The number of nitrogens with zero attached hydrogens (tertiary/aromatic N) is 4. The van der Waals surface area contributed by atoms with Crippen molar-refractivity contribution in [3.8, 4) is 17.9 Å². The SMILES string of the molecule is C[C@@H](C(=O)NCCCC#Cc1cnc(Nc2ccc(C#N)cc2)nc1Nc1ccc(F)cc1)N(C)C(=O)OC(C)(C)C. The number of hydrogen-bond acceptors (Lipinski definition) is 8. The van der Waals surface area contributed by atoms with Crippen LogP contribution >= 0.6 is 0 Å². The molecule has 0 aliphatic heterocycles. The number of halogens is 1. The molecule has 1 aromatic heterocycles. The van der Waals surface area contributed by atoms with Crippen LogP contribution in [0.25, 0.3) is 0 Å². The van der Waals surface area contributed by atoms with Crippen LogP contribution < -0.4 is 16.0 Å². The fraction of sp³-hybridized carbons (Fsp3) is 0.323. The van der Waals surface area contributed by atoms with E-state index in [2.05, 4.69) is 43.8 Å². The summed E-state index contributed by atoms with van der Waals surface area (Å²) in [6.45, 7) is 7.31. The molecule has 3 N–H and O–H groups in total. The number of ether oxygens (including phenoxy) is 1. The highest BCUT2D eigenvalue weighted by molar-refractivity contribution is 5.85. The molecule has 3 aromatic rings. The van der Waals surface area contributed by atoms with Crippen LogP contribution in [0.15, 0.2) is 54.7 Å². The number of likely N-dealkylation sites (N-methyl/N-ethyl adjacent to an activating group) is 1. The zero-order valence-electron chi connectivity index (χ0n) is 24.3. The minimum Gasteiger partial charge on any atom is -0.444 e. The van der Waals surface area contributed by atoms with E-state index in [0.717, 1.165) is 0 Å². The molecule has 0 aliphatic rings. The van der Waals surface area contributed by atoms with Crippen LogP contribution in [0.2, 0.25) is 0 Å². The van der Waals surface area contributed by atoms with Gasteiger partial charge in [0.2, 0.25) is 11.9 Å². The fourth-order valence-electron chi connectivity index (χ4n) is 3.42. The first-order valence-electron chi connectivity index (χ1n) is 13.3. The Morgan fingerprint density at radius 2 is 1.71 bits per heavy atom. The number of nitrogens with one attached hydrogen (secondary N) is 3. The van der Waals surface area contributed by atoms with E-state index >= 15 is 0 Å². The average Bonchev–Trinajstić information content (AvgIpc) is 2.95. The van der Waals surface area contributed by atoms with Crippen molar-refractivity contribution in [1.29, 1.82) is 5.26 Å². The summed E-state index contributed by atoms with van der Waals surface area (Å²) >= 11 is 0. The third kappa shape index (κ3) is 9.79. The maximum absolute atomic E-state index is 13.4. The van der Waals surface area contributed by atoms with Crippen LogP contribution in [-0.4, -0.2) is 52.1 Å². The van der Waals surface area contributed by atoms with Gasteiger partial charge in [-0.05, 0) is 82.6 Å². The zero-order chi connectivity index (χ0) is 30.7. The average molecular weight is 572 g/mol. The summed E-state index contributed by atoms with van der Waals surface area (Å²) in [7, 11) is 1.52. The van der Waals surface area contributed by atoms with E-state index in [0.29, 0.717) is 53.7 Å². The third-order valence-electron chi connectivity index (χ3n) is 5.81. The van der Waals surface area contributed by atoms with Crippen molar-refractivity contribution in [2.45, 2.75) is 52.2 Å². The van der Waals surface area contributed by atoms with E-state index in [4.69, 9.17) is 10.00 Å². The fourth-order valence-corrected chi connectivity index (χ4v) is 3.42. The van der Waals surface area contributed by atoms with E-state index in [9.17, 15) is 14.0 Å². The van der Waals surface area contributed by atoms with Crippen molar-refractivity contribution in [3.63, 3.8) is 0 Å². The number of rotatable bonds is 9. The van der Waals surface area contributed by atoms with Gasteiger partial charge in [-0.1, -0.05) is 11.8 Å². The maximum atomic E-state index is 13.4. The van der Waals surface area contributed by atoms with Gasteiger partial charge in [0.05, 0.1) is 23.4 Å². The van der Waals surface area contributed by atoms with Crippen LogP contribution in [-0.2, 0) is 9.53 Å². The molecule has 0 aliphatic carbocycles. The standard InChI is InChI=1S/C31H34FN7O3/c1-21(39(5)30(41)42-31(2,3)4)28(40)34-18-8-6-7-9-23-20-35-29(37-26-14-10-22(19-33)11-15-26)38-27(23)36-25-16-12-24(32)13-17-25/h10-17,20-21H,6,8,18H2,1-5H3,(H,34,40)(H2,35,36,37,38)/t21-/m0/s1. The Labute approximate surface area is 245 Å². The molecule has 0 saturated heterocycles. The molecular formula is C31H34FN7O3. The van der Waals surface area contributed by atoms with Crippen LogP contribution in [0.5, 0.6) is 0 Å². The summed E-state index contributed by atoms with van der Waals surface area (Å²) in [4.78, 5) is 34.8. The lowest BCUT2D eigenvalue weighted by Gasteiger charge is -2.28. The third-order valence-corrected chi connectivity index (χ3v) is 5.81. The second-order valence-electron chi connectivity index (χ2n) is 10.4. The highest BCUT2D eigenvalue weighted by Gasteiger charge is 2.26. The molecule has 10 nitrogen and oxygen atoms in total. The van der Waals surface area contributed by atoms with Gasteiger partial charge >= 0.3 is 6.09 Å². The number of unbranched alkanes of at least 4 members (excludes halogenated alkanes) is 1. The van der Waals surface area contributed by atoms with Gasteiger partial charge in [0.15, 0.2) is 5.82 Å². The Morgan fingerprint density at radius 3 is 2.36 bits per heavy atom. The molecule has 218 valence electrons. The monoisotopic (exact) mass is 571 g/mol. The number of anilines is 4. The summed E-state index contributed by atoms with van der Waals surface area (Å²) in [5.74, 6) is 6.22. The van der Waals surface area contributed by atoms with Crippen molar-refractivity contribution in [2.75, 3.05) is 24.2 Å². The number of carbonyl (C=O) groups excluding carboxylic acids is 2. The van der Waals surface area contributed by atoms with E-state index in [1.807, 2.05) is 0 Å². The molecule has 1 heterocycles. The minimum atomic E-state index is -0.695. The Balaban J connectivity index is 1.62. The Hall–Kier alpha value is -5.16. The van der Waals surface area contributed by atoms with Crippen molar-refractivity contribution in [1.82, 2.24) is 20.2 Å². The molecule has 2 aromatic carbocycles.